The first-order valence-corrected chi connectivity index (χ1v) is 3.15. The molecule has 5 nitrogen and oxygen atoms in total. The molecule has 1 heterocycles. The van der Waals surface area contributed by atoms with E-state index in [9.17, 15) is 4.79 Å². The van der Waals surface area contributed by atoms with Crippen LogP contribution in [0.4, 0.5) is 0 Å². The topological polar surface area (TPSA) is 61.0 Å². The monoisotopic (exact) mass is 169 g/mol. The van der Waals surface area contributed by atoms with Gasteiger partial charge in [0.1, 0.15) is 7.11 Å². The highest BCUT2D eigenvalue weighted by Gasteiger charge is 2.02. The van der Waals surface area contributed by atoms with Gasteiger partial charge in [0.25, 0.3) is 5.95 Å². The number of rotatable bonds is 3. The van der Waals surface area contributed by atoms with Crippen LogP contribution in [0.1, 0.15) is 0 Å². The van der Waals surface area contributed by atoms with Crippen LogP contribution in [0.15, 0.2) is 28.0 Å². The van der Waals surface area contributed by atoms with Crippen molar-refractivity contribution in [1.82, 2.24) is 0 Å². The Morgan fingerprint density at radius 3 is 3.17 bits per heavy atom. The Hall–Kier alpha value is -1.78. The molecule has 0 spiro atoms. The average Bonchev–Trinajstić information content (AvgIpc) is 2.53. The predicted molar refractivity (Wildman–Crippen MR) is 39.8 cm³/mol. The molecule has 1 aromatic heterocycles. The van der Waals surface area contributed by atoms with Crippen molar-refractivity contribution in [2.45, 2.75) is 0 Å². The summed E-state index contributed by atoms with van der Waals surface area (Å²) in [4.78, 5) is 15.0. The normalized spacial score (nSPS) is 10.1. The molecule has 0 radical (unpaired) electrons. The quantitative estimate of drug-likeness (QED) is 0.381. The van der Waals surface area contributed by atoms with Gasteiger partial charge in [-0.3, -0.25) is 0 Å². The van der Waals surface area contributed by atoms with E-state index in [0.717, 1.165) is 6.21 Å². The molecule has 0 aromatic carbocycles. The number of nitrogens with zero attached hydrogens (tertiary/aromatic N) is 1. The van der Waals surface area contributed by atoms with E-state index in [1.54, 1.807) is 6.07 Å². The first kappa shape index (κ1) is 8.32. The summed E-state index contributed by atoms with van der Waals surface area (Å²) in [5, 5.41) is 3.21. The van der Waals surface area contributed by atoms with Crippen LogP contribution in [0.2, 0.25) is 0 Å². The molecule has 0 saturated heterocycles. The largest absolute Gasteiger partial charge is 0.434 e. The zero-order valence-corrected chi connectivity index (χ0v) is 6.39. The minimum Gasteiger partial charge on any atom is -0.434 e. The van der Waals surface area contributed by atoms with Crippen LogP contribution in [0.5, 0.6) is 5.95 Å². The lowest BCUT2D eigenvalue weighted by atomic mass is 10.6. The van der Waals surface area contributed by atoms with Crippen LogP contribution in [0, 0.1) is 0 Å². The second-order valence-electron chi connectivity index (χ2n) is 1.77. The SMILES string of the molecule is CO/N=C\C(=O)Oc1ccco1. The maximum Gasteiger partial charge on any atom is 0.360 e. The minimum atomic E-state index is -0.646. The lowest BCUT2D eigenvalue weighted by Gasteiger charge is -1.92. The molecule has 0 aliphatic heterocycles. The third-order valence-corrected chi connectivity index (χ3v) is 0.960. The van der Waals surface area contributed by atoms with Gasteiger partial charge in [-0.15, -0.1) is 0 Å². The predicted octanol–water partition coefficient (Wildman–Crippen LogP) is 0.817. The van der Waals surface area contributed by atoms with Gasteiger partial charge in [0.05, 0.1) is 6.26 Å². The molecule has 1 aromatic rings. The molecular formula is C7H7NO4. The van der Waals surface area contributed by atoms with Crippen LogP contribution in [-0.4, -0.2) is 19.3 Å². The Kier molecular flexibility index (Phi) is 2.89. The van der Waals surface area contributed by atoms with Crippen molar-refractivity contribution in [3.8, 4) is 5.95 Å². The van der Waals surface area contributed by atoms with Gasteiger partial charge in [-0.1, -0.05) is 5.16 Å². The van der Waals surface area contributed by atoms with Crippen molar-refractivity contribution >= 4 is 12.2 Å². The molecule has 0 bridgehead atoms. The number of carbonyl (C=O) groups is 1. The molecule has 0 saturated carbocycles. The summed E-state index contributed by atoms with van der Waals surface area (Å²) in [6.45, 7) is 0. The number of hydrogen-bond donors (Lipinski definition) is 0. The van der Waals surface area contributed by atoms with E-state index < -0.39 is 5.97 Å². The molecule has 0 unspecified atom stereocenters. The standard InChI is InChI=1S/C7H7NO4/c1-10-8-5-6(9)12-7-3-2-4-11-7/h2-5H,1H3/b8-5-. The molecule has 0 N–H and O–H groups in total. The lowest BCUT2D eigenvalue weighted by Crippen LogP contribution is -2.08. The number of furan rings is 1. The van der Waals surface area contributed by atoms with Crippen molar-refractivity contribution in [3.63, 3.8) is 0 Å². The van der Waals surface area contributed by atoms with Crippen molar-refractivity contribution in [1.29, 1.82) is 0 Å². The van der Waals surface area contributed by atoms with E-state index in [1.807, 2.05) is 0 Å². The van der Waals surface area contributed by atoms with E-state index in [0.29, 0.717) is 0 Å². The molecule has 12 heavy (non-hydrogen) atoms. The number of oxime groups is 1. The Morgan fingerprint density at radius 2 is 2.58 bits per heavy atom. The zero-order chi connectivity index (χ0) is 8.81. The van der Waals surface area contributed by atoms with Crippen LogP contribution >= 0.6 is 0 Å². The second kappa shape index (κ2) is 4.17. The summed E-state index contributed by atoms with van der Waals surface area (Å²) in [5.74, 6) is -0.519. The summed E-state index contributed by atoms with van der Waals surface area (Å²) in [5.41, 5.74) is 0. The molecule has 0 aliphatic carbocycles. The molecule has 64 valence electrons. The van der Waals surface area contributed by atoms with E-state index in [1.165, 1.54) is 19.4 Å². The van der Waals surface area contributed by atoms with Crippen LogP contribution in [0.3, 0.4) is 0 Å². The summed E-state index contributed by atoms with van der Waals surface area (Å²) >= 11 is 0. The fourth-order valence-corrected chi connectivity index (χ4v) is 0.543. The van der Waals surface area contributed by atoms with Gasteiger partial charge >= 0.3 is 5.97 Å². The summed E-state index contributed by atoms with van der Waals surface area (Å²) in [6.07, 6.45) is 2.30. The molecule has 0 atom stereocenters. The van der Waals surface area contributed by atoms with E-state index in [4.69, 9.17) is 4.42 Å². The third-order valence-electron chi connectivity index (χ3n) is 0.960. The molecule has 5 heteroatoms. The highest BCUT2D eigenvalue weighted by Crippen LogP contribution is 2.09. The maximum absolute atomic E-state index is 10.8. The Labute approximate surface area is 68.6 Å². The maximum atomic E-state index is 10.8. The van der Waals surface area contributed by atoms with Gasteiger partial charge in [0.15, 0.2) is 6.21 Å². The number of hydrogen-bond acceptors (Lipinski definition) is 5. The van der Waals surface area contributed by atoms with E-state index in [-0.39, 0.29) is 5.95 Å². The number of esters is 1. The van der Waals surface area contributed by atoms with Crippen molar-refractivity contribution < 1.29 is 18.8 Å². The highest BCUT2D eigenvalue weighted by atomic mass is 16.6. The highest BCUT2D eigenvalue weighted by molar-refractivity contribution is 6.23. The lowest BCUT2D eigenvalue weighted by molar-refractivity contribution is -0.127. The van der Waals surface area contributed by atoms with Gasteiger partial charge in [0, 0.05) is 6.07 Å². The number of carbonyl (C=O) groups excluding carboxylic acids is 1. The fraction of sp³-hybridized carbons (Fsp3) is 0.143. The average molecular weight is 169 g/mol. The summed E-state index contributed by atoms with van der Waals surface area (Å²) in [6, 6.07) is 3.12. The van der Waals surface area contributed by atoms with Gasteiger partial charge in [-0.2, -0.15) is 0 Å². The summed E-state index contributed by atoms with van der Waals surface area (Å²) < 4.78 is 9.36. The molecule has 1 rings (SSSR count). The van der Waals surface area contributed by atoms with E-state index >= 15 is 0 Å². The first-order chi connectivity index (χ1) is 5.83. The van der Waals surface area contributed by atoms with Gasteiger partial charge in [0.2, 0.25) is 0 Å². The van der Waals surface area contributed by atoms with Crippen LogP contribution in [-0.2, 0) is 9.63 Å². The molecule has 0 fully saturated rings. The zero-order valence-electron chi connectivity index (χ0n) is 6.39. The van der Waals surface area contributed by atoms with Gasteiger partial charge in [-0.05, 0) is 6.07 Å². The van der Waals surface area contributed by atoms with Crippen LogP contribution < -0.4 is 4.74 Å². The first-order valence-electron chi connectivity index (χ1n) is 3.15. The Morgan fingerprint density at radius 1 is 1.75 bits per heavy atom. The van der Waals surface area contributed by atoms with Crippen LogP contribution in [0.25, 0.3) is 0 Å². The van der Waals surface area contributed by atoms with Gasteiger partial charge in [-0.25, -0.2) is 4.79 Å². The van der Waals surface area contributed by atoms with Crippen molar-refractivity contribution in [3.05, 3.63) is 18.4 Å². The third kappa shape index (κ3) is 2.45. The smallest absolute Gasteiger partial charge is 0.360 e. The molecule has 0 aliphatic rings. The molecular weight excluding hydrogens is 162 g/mol. The van der Waals surface area contributed by atoms with Crippen molar-refractivity contribution in [2.24, 2.45) is 5.16 Å². The molecule has 0 amide bonds. The van der Waals surface area contributed by atoms with Crippen molar-refractivity contribution in [2.75, 3.05) is 7.11 Å². The number of ether oxygens (including phenoxy) is 1. The van der Waals surface area contributed by atoms with Gasteiger partial charge < -0.3 is 14.0 Å². The fourth-order valence-electron chi connectivity index (χ4n) is 0.543. The Balaban J connectivity index is 2.42. The Bertz CT molecular complexity index is 265. The summed E-state index contributed by atoms with van der Waals surface area (Å²) in [7, 11) is 1.33. The second-order valence-corrected chi connectivity index (χ2v) is 1.77. The minimum absolute atomic E-state index is 0.127. The van der Waals surface area contributed by atoms with E-state index in [2.05, 4.69) is 14.7 Å².